The van der Waals surface area contributed by atoms with E-state index in [4.69, 9.17) is 0 Å². The molecule has 1 aliphatic rings. The van der Waals surface area contributed by atoms with Gasteiger partial charge in [-0.05, 0) is 18.6 Å². The van der Waals surface area contributed by atoms with Gasteiger partial charge in [-0.1, -0.05) is 44.7 Å². The van der Waals surface area contributed by atoms with Crippen LogP contribution in [-0.4, -0.2) is 18.0 Å². The fourth-order valence-corrected chi connectivity index (χ4v) is 3.38. The van der Waals surface area contributed by atoms with Crippen LogP contribution in [0.2, 0.25) is 0 Å². The number of nitrogens with one attached hydrogen (secondary N) is 2. The first-order chi connectivity index (χ1) is 9.48. The molecule has 7 heteroatoms. The van der Waals surface area contributed by atoms with E-state index in [-0.39, 0.29) is 57.8 Å². The van der Waals surface area contributed by atoms with Gasteiger partial charge < -0.3 is 15.2 Å². The SMILES string of the molecule is CCCCCCCC1(S(=O)(=O)[O-])Nc2ccccc2N1.[K+]. The minimum atomic E-state index is -4.50. The van der Waals surface area contributed by atoms with Crippen LogP contribution in [0.3, 0.4) is 0 Å². The van der Waals surface area contributed by atoms with Crippen LogP contribution in [-0.2, 0) is 10.1 Å². The van der Waals surface area contributed by atoms with E-state index in [1.54, 1.807) is 12.1 Å². The van der Waals surface area contributed by atoms with Gasteiger partial charge in [0.25, 0.3) is 0 Å². The van der Waals surface area contributed by atoms with Gasteiger partial charge in [-0.25, -0.2) is 8.42 Å². The van der Waals surface area contributed by atoms with Crippen molar-refractivity contribution in [2.75, 3.05) is 10.6 Å². The van der Waals surface area contributed by atoms with Crippen LogP contribution in [0.5, 0.6) is 0 Å². The second-order valence-electron chi connectivity index (χ2n) is 5.24. The molecular weight excluding hydrogens is 315 g/mol. The molecule has 0 spiro atoms. The largest absolute Gasteiger partial charge is 1.00 e. The number of anilines is 2. The van der Waals surface area contributed by atoms with E-state index >= 15 is 0 Å². The maximum atomic E-state index is 11.7. The fraction of sp³-hybridized carbons (Fsp3) is 0.571. The monoisotopic (exact) mass is 336 g/mol. The molecule has 1 aromatic carbocycles. The van der Waals surface area contributed by atoms with Gasteiger partial charge in [0.1, 0.15) is 10.1 Å². The summed E-state index contributed by atoms with van der Waals surface area (Å²) in [7, 11) is -4.50. The van der Waals surface area contributed by atoms with E-state index in [0.717, 1.165) is 25.7 Å². The summed E-state index contributed by atoms with van der Waals surface area (Å²) >= 11 is 0. The molecule has 2 rings (SSSR count). The Labute approximate surface area is 169 Å². The van der Waals surface area contributed by atoms with Crippen LogP contribution >= 0.6 is 0 Å². The van der Waals surface area contributed by atoms with Gasteiger partial charge in [-0.15, -0.1) is 0 Å². The minimum absolute atomic E-state index is 0. The van der Waals surface area contributed by atoms with E-state index in [2.05, 4.69) is 17.6 Å². The Hall–Kier alpha value is 0.366. The summed E-state index contributed by atoms with van der Waals surface area (Å²) in [4.78, 5) is -1.59. The second-order valence-corrected chi connectivity index (χ2v) is 6.85. The normalized spacial score (nSPS) is 15.5. The Morgan fingerprint density at radius 1 is 1.05 bits per heavy atom. The number of rotatable bonds is 7. The number of fused-ring (bicyclic) bond motifs is 1. The maximum absolute atomic E-state index is 11.7. The molecule has 0 aliphatic carbocycles. The number of hydrogen-bond donors (Lipinski definition) is 2. The quantitative estimate of drug-likeness (QED) is 0.419. The molecule has 1 aliphatic heterocycles. The third-order valence-electron chi connectivity index (χ3n) is 3.66. The summed E-state index contributed by atoms with van der Waals surface area (Å²) in [5.74, 6) is 0. The zero-order valence-electron chi connectivity index (χ0n) is 12.7. The van der Waals surface area contributed by atoms with Gasteiger partial charge in [-0.3, -0.25) is 0 Å². The number of hydrogen-bond acceptors (Lipinski definition) is 5. The summed E-state index contributed by atoms with van der Waals surface area (Å²) in [6.45, 7) is 2.13. The fourth-order valence-electron chi connectivity index (χ4n) is 2.52. The Morgan fingerprint density at radius 3 is 2.05 bits per heavy atom. The van der Waals surface area contributed by atoms with E-state index in [9.17, 15) is 13.0 Å². The molecule has 21 heavy (non-hydrogen) atoms. The Morgan fingerprint density at radius 2 is 1.57 bits per heavy atom. The zero-order chi connectivity index (χ0) is 14.6. The summed E-state index contributed by atoms with van der Waals surface area (Å²) in [5, 5.41) is 5.73. The van der Waals surface area contributed by atoms with Crippen LogP contribution in [0, 0.1) is 0 Å². The number of para-hydroxylation sites is 2. The van der Waals surface area contributed by atoms with Gasteiger partial charge in [0.15, 0.2) is 0 Å². The Bertz CT molecular complexity index is 538. The first-order valence-corrected chi connectivity index (χ1v) is 8.50. The molecule has 0 radical (unpaired) electrons. The van der Waals surface area contributed by atoms with Crippen molar-refractivity contribution < 1.29 is 64.4 Å². The molecule has 0 aromatic heterocycles. The average molecular weight is 336 g/mol. The van der Waals surface area contributed by atoms with E-state index < -0.39 is 15.1 Å². The van der Waals surface area contributed by atoms with Crippen molar-refractivity contribution in [2.45, 2.75) is 50.4 Å². The molecule has 0 amide bonds. The zero-order valence-corrected chi connectivity index (χ0v) is 16.6. The summed E-state index contributed by atoms with van der Waals surface area (Å²) in [5.41, 5.74) is 1.33. The average Bonchev–Trinajstić information content (AvgIpc) is 2.77. The molecule has 1 heterocycles. The smallest absolute Gasteiger partial charge is 0.745 e. The van der Waals surface area contributed by atoms with Crippen molar-refractivity contribution in [1.29, 1.82) is 0 Å². The summed E-state index contributed by atoms with van der Waals surface area (Å²) in [6.07, 6.45) is 5.25. The molecule has 2 N–H and O–H groups in total. The maximum Gasteiger partial charge on any atom is 1.00 e. The third-order valence-corrected chi connectivity index (χ3v) is 4.92. The summed E-state index contributed by atoms with van der Waals surface area (Å²) < 4.78 is 35.0. The molecule has 5 nitrogen and oxygen atoms in total. The molecule has 112 valence electrons. The molecule has 0 bridgehead atoms. The van der Waals surface area contributed by atoms with Crippen molar-refractivity contribution in [3.05, 3.63) is 24.3 Å². The van der Waals surface area contributed by atoms with E-state index in [1.807, 2.05) is 12.1 Å². The van der Waals surface area contributed by atoms with Crippen molar-refractivity contribution in [2.24, 2.45) is 0 Å². The van der Waals surface area contributed by atoms with Crippen molar-refractivity contribution >= 4 is 21.5 Å². The van der Waals surface area contributed by atoms with Crippen molar-refractivity contribution in [3.8, 4) is 0 Å². The van der Waals surface area contributed by atoms with Gasteiger partial charge in [0, 0.05) is 6.42 Å². The molecule has 0 fully saturated rings. The van der Waals surface area contributed by atoms with Gasteiger partial charge in [-0.2, -0.15) is 0 Å². The molecular formula is C14H21KN2O3S. The number of benzene rings is 1. The Balaban J connectivity index is 0.00000220. The van der Waals surface area contributed by atoms with E-state index in [1.165, 1.54) is 0 Å². The van der Waals surface area contributed by atoms with Crippen molar-refractivity contribution in [3.63, 3.8) is 0 Å². The van der Waals surface area contributed by atoms with Crippen molar-refractivity contribution in [1.82, 2.24) is 0 Å². The first-order valence-electron chi connectivity index (χ1n) is 7.09. The molecule has 0 atom stereocenters. The Kier molecular flexibility index (Phi) is 7.66. The molecule has 0 unspecified atom stereocenters. The molecule has 1 aromatic rings. The van der Waals surface area contributed by atoms with Crippen LogP contribution in [0.1, 0.15) is 45.4 Å². The summed E-state index contributed by atoms with van der Waals surface area (Å²) in [6, 6.07) is 7.16. The standard InChI is InChI=1S/C14H22N2O3S.K/c1-2-3-4-5-8-11-14(20(17,18)19)15-12-9-6-7-10-13(12)16-14;/h6-7,9-10,15-16H,2-5,8,11H2,1H3,(H,17,18,19);/q;+1/p-1. The number of unbranched alkanes of at least 4 members (excludes halogenated alkanes) is 4. The van der Waals surface area contributed by atoms with Gasteiger partial charge >= 0.3 is 51.4 Å². The second kappa shape index (κ2) is 8.28. The predicted octanol–water partition coefficient (Wildman–Crippen LogP) is 0.0875. The predicted molar refractivity (Wildman–Crippen MR) is 79.5 cm³/mol. The van der Waals surface area contributed by atoms with Crippen LogP contribution in [0.25, 0.3) is 0 Å². The van der Waals surface area contributed by atoms with E-state index in [0.29, 0.717) is 17.8 Å². The van der Waals surface area contributed by atoms with Crippen LogP contribution in [0.4, 0.5) is 11.4 Å². The third kappa shape index (κ3) is 4.67. The van der Waals surface area contributed by atoms with Crippen LogP contribution in [0.15, 0.2) is 24.3 Å². The first kappa shape index (κ1) is 19.4. The van der Waals surface area contributed by atoms with Gasteiger partial charge in [0.05, 0.1) is 11.4 Å². The topological polar surface area (TPSA) is 81.3 Å². The van der Waals surface area contributed by atoms with Gasteiger partial charge in [0.2, 0.25) is 4.99 Å². The molecule has 0 saturated heterocycles. The minimum Gasteiger partial charge on any atom is -0.745 e. The van der Waals surface area contributed by atoms with Crippen LogP contribution < -0.4 is 62.0 Å². The molecule has 0 saturated carbocycles.